The lowest BCUT2D eigenvalue weighted by molar-refractivity contribution is 0.0946. The fourth-order valence-electron chi connectivity index (χ4n) is 5.07. The SMILES string of the molecule is O=C(NCc1cc[nH]n1)c1[nH]c2c(-c3ccccc3)c(-c3ccccc3)nn2c(=O)c1-c1ccc2ncccc2c1. The standard InChI is InChI=1S/C32H23N7O2/c40-31(34-19-24-15-17-35-37-24)29-27(23-13-14-25-22(18-23)12-7-16-33-25)32(41)39-30(36-29)26(20-8-3-1-4-9-20)28(38-39)21-10-5-2-6-11-21/h1-18,36H,19H2,(H,34,40)(H,35,37). The van der Waals surface area contributed by atoms with Gasteiger partial charge in [0.15, 0.2) is 0 Å². The molecule has 0 aliphatic rings. The number of aromatic nitrogens is 6. The van der Waals surface area contributed by atoms with E-state index in [0.717, 1.165) is 27.6 Å². The van der Waals surface area contributed by atoms with Gasteiger partial charge in [0.05, 0.1) is 28.9 Å². The van der Waals surface area contributed by atoms with Crippen molar-refractivity contribution in [3.8, 4) is 33.5 Å². The molecule has 0 aliphatic heterocycles. The Labute approximate surface area is 233 Å². The second kappa shape index (κ2) is 10.0. The predicted octanol–water partition coefficient (Wildman–Crippen LogP) is 5.22. The van der Waals surface area contributed by atoms with E-state index in [2.05, 4.69) is 25.5 Å². The minimum Gasteiger partial charge on any atom is -0.345 e. The predicted molar refractivity (Wildman–Crippen MR) is 157 cm³/mol. The summed E-state index contributed by atoms with van der Waals surface area (Å²) in [6.07, 6.45) is 3.40. The summed E-state index contributed by atoms with van der Waals surface area (Å²) >= 11 is 0. The molecule has 4 heterocycles. The van der Waals surface area contributed by atoms with Crippen LogP contribution < -0.4 is 10.9 Å². The molecule has 0 atom stereocenters. The van der Waals surface area contributed by atoms with Gasteiger partial charge < -0.3 is 10.3 Å². The number of hydrogen-bond acceptors (Lipinski definition) is 5. The van der Waals surface area contributed by atoms with Crippen molar-refractivity contribution in [2.75, 3.05) is 0 Å². The maximum atomic E-state index is 14.3. The van der Waals surface area contributed by atoms with E-state index in [1.165, 1.54) is 4.52 Å². The Morgan fingerprint density at radius 1 is 0.829 bits per heavy atom. The van der Waals surface area contributed by atoms with Gasteiger partial charge in [-0.25, -0.2) is 0 Å². The van der Waals surface area contributed by atoms with Crippen LogP contribution in [0, 0.1) is 0 Å². The third-order valence-electron chi connectivity index (χ3n) is 7.00. The van der Waals surface area contributed by atoms with Gasteiger partial charge in [0, 0.05) is 23.3 Å². The van der Waals surface area contributed by atoms with Crippen molar-refractivity contribution < 1.29 is 4.79 Å². The Morgan fingerprint density at radius 3 is 2.37 bits per heavy atom. The molecule has 9 heteroatoms. The van der Waals surface area contributed by atoms with Crippen LogP contribution in [0.5, 0.6) is 0 Å². The van der Waals surface area contributed by atoms with Gasteiger partial charge >= 0.3 is 0 Å². The van der Waals surface area contributed by atoms with E-state index in [1.54, 1.807) is 24.5 Å². The summed E-state index contributed by atoms with van der Waals surface area (Å²) in [5.41, 5.74) is 5.48. The number of carbonyl (C=O) groups excluding carboxylic acids is 1. The Morgan fingerprint density at radius 2 is 1.61 bits per heavy atom. The van der Waals surface area contributed by atoms with E-state index in [9.17, 15) is 9.59 Å². The Bertz CT molecular complexity index is 2080. The quantitative estimate of drug-likeness (QED) is 0.268. The maximum Gasteiger partial charge on any atom is 0.283 e. The highest BCUT2D eigenvalue weighted by Crippen LogP contribution is 2.35. The van der Waals surface area contributed by atoms with Gasteiger partial charge in [-0.05, 0) is 35.4 Å². The van der Waals surface area contributed by atoms with Crippen molar-refractivity contribution in [2.45, 2.75) is 6.54 Å². The van der Waals surface area contributed by atoms with Crippen LogP contribution >= 0.6 is 0 Å². The number of carbonyl (C=O) groups is 1. The molecule has 0 radical (unpaired) electrons. The molecule has 0 fully saturated rings. The molecule has 3 aromatic carbocycles. The second-order valence-corrected chi connectivity index (χ2v) is 9.56. The molecule has 1 amide bonds. The summed E-state index contributed by atoms with van der Waals surface area (Å²) in [5, 5.41) is 15.4. The molecule has 198 valence electrons. The Balaban J connectivity index is 1.50. The highest BCUT2D eigenvalue weighted by molar-refractivity contribution is 6.01. The molecular formula is C32H23N7O2. The Kier molecular flexibility index (Phi) is 5.94. The zero-order chi connectivity index (χ0) is 27.8. The number of fused-ring (bicyclic) bond motifs is 2. The molecule has 0 saturated heterocycles. The third-order valence-corrected chi connectivity index (χ3v) is 7.00. The van der Waals surface area contributed by atoms with Crippen molar-refractivity contribution in [2.24, 2.45) is 0 Å². The van der Waals surface area contributed by atoms with E-state index in [4.69, 9.17) is 5.10 Å². The van der Waals surface area contributed by atoms with Crippen LogP contribution in [0.4, 0.5) is 0 Å². The first-order valence-electron chi connectivity index (χ1n) is 13.1. The molecule has 0 unspecified atom stereocenters. The van der Waals surface area contributed by atoms with E-state index >= 15 is 0 Å². The molecular weight excluding hydrogens is 514 g/mol. The van der Waals surface area contributed by atoms with Crippen molar-refractivity contribution in [1.29, 1.82) is 0 Å². The molecule has 0 bridgehead atoms. The van der Waals surface area contributed by atoms with Gasteiger partial charge in [-0.1, -0.05) is 72.8 Å². The number of rotatable bonds is 6. The number of nitrogens with zero attached hydrogens (tertiary/aromatic N) is 4. The topological polar surface area (TPSA) is 121 Å². The van der Waals surface area contributed by atoms with Crippen molar-refractivity contribution >= 4 is 22.5 Å². The van der Waals surface area contributed by atoms with Crippen LogP contribution in [0.25, 0.3) is 50.1 Å². The number of pyridine rings is 1. The number of aromatic amines is 2. The average molecular weight is 538 g/mol. The number of H-pyrrole nitrogens is 2. The lowest BCUT2D eigenvalue weighted by Gasteiger charge is -2.12. The largest absolute Gasteiger partial charge is 0.345 e. The van der Waals surface area contributed by atoms with E-state index < -0.39 is 11.5 Å². The minimum atomic E-state index is -0.435. The summed E-state index contributed by atoms with van der Waals surface area (Å²) in [7, 11) is 0. The number of amides is 1. The number of nitrogens with one attached hydrogen (secondary N) is 3. The normalized spacial score (nSPS) is 11.2. The summed E-state index contributed by atoms with van der Waals surface area (Å²) < 4.78 is 1.36. The summed E-state index contributed by atoms with van der Waals surface area (Å²) in [5.74, 6) is -0.435. The molecule has 4 aromatic heterocycles. The van der Waals surface area contributed by atoms with E-state index in [1.807, 2.05) is 84.9 Å². The van der Waals surface area contributed by atoms with E-state index in [0.29, 0.717) is 22.6 Å². The summed E-state index contributed by atoms with van der Waals surface area (Å²) in [4.78, 5) is 35.8. The van der Waals surface area contributed by atoms with E-state index in [-0.39, 0.29) is 17.8 Å². The van der Waals surface area contributed by atoms with Crippen LogP contribution in [0.1, 0.15) is 16.2 Å². The molecule has 9 nitrogen and oxygen atoms in total. The fourth-order valence-corrected chi connectivity index (χ4v) is 5.07. The lowest BCUT2D eigenvalue weighted by atomic mass is 10.00. The highest BCUT2D eigenvalue weighted by Gasteiger charge is 2.25. The molecule has 7 aromatic rings. The molecule has 0 aliphatic carbocycles. The van der Waals surface area contributed by atoms with Crippen molar-refractivity contribution in [3.63, 3.8) is 0 Å². The van der Waals surface area contributed by atoms with Crippen LogP contribution in [0.15, 0.2) is 114 Å². The van der Waals surface area contributed by atoms with Gasteiger partial charge in [-0.15, -0.1) is 0 Å². The molecule has 0 saturated carbocycles. The molecule has 0 spiro atoms. The van der Waals surface area contributed by atoms with Crippen LogP contribution in [-0.4, -0.2) is 35.7 Å². The zero-order valence-electron chi connectivity index (χ0n) is 21.7. The van der Waals surface area contributed by atoms with Gasteiger partial charge in [-0.2, -0.15) is 14.7 Å². The molecule has 3 N–H and O–H groups in total. The van der Waals surface area contributed by atoms with Crippen molar-refractivity contribution in [3.05, 3.63) is 131 Å². The third kappa shape index (κ3) is 4.35. The first kappa shape index (κ1) is 24.2. The molecule has 41 heavy (non-hydrogen) atoms. The average Bonchev–Trinajstić information content (AvgIpc) is 3.69. The highest BCUT2D eigenvalue weighted by atomic mass is 16.2. The lowest BCUT2D eigenvalue weighted by Crippen LogP contribution is -2.29. The first-order chi connectivity index (χ1) is 20.2. The van der Waals surface area contributed by atoms with Gasteiger partial charge in [0.1, 0.15) is 17.0 Å². The maximum absolute atomic E-state index is 14.3. The fraction of sp³-hybridized carbons (Fsp3) is 0.0312. The van der Waals surface area contributed by atoms with Crippen LogP contribution in [-0.2, 0) is 6.54 Å². The first-order valence-corrected chi connectivity index (χ1v) is 13.1. The van der Waals surface area contributed by atoms with Gasteiger partial charge in [0.2, 0.25) is 0 Å². The van der Waals surface area contributed by atoms with Crippen LogP contribution in [0.2, 0.25) is 0 Å². The molecule has 7 rings (SSSR count). The summed E-state index contributed by atoms with van der Waals surface area (Å²) in [6.45, 7) is 0.191. The monoisotopic (exact) mass is 537 g/mol. The van der Waals surface area contributed by atoms with Gasteiger partial charge in [-0.3, -0.25) is 19.7 Å². The summed E-state index contributed by atoms with van der Waals surface area (Å²) in [6, 6.07) is 30.5. The second-order valence-electron chi connectivity index (χ2n) is 9.56. The minimum absolute atomic E-state index is 0.137. The number of hydrogen-bond donors (Lipinski definition) is 3. The number of benzene rings is 3. The smallest absolute Gasteiger partial charge is 0.283 e. The van der Waals surface area contributed by atoms with Gasteiger partial charge in [0.25, 0.3) is 11.5 Å². The van der Waals surface area contributed by atoms with Crippen LogP contribution in [0.3, 0.4) is 0 Å². The zero-order valence-corrected chi connectivity index (χ0v) is 21.7. The van der Waals surface area contributed by atoms with Crippen molar-refractivity contribution in [1.82, 2.24) is 35.1 Å². The Hall–Kier alpha value is -5.83.